The van der Waals surface area contributed by atoms with Crippen molar-refractivity contribution in [1.29, 1.82) is 0 Å². The van der Waals surface area contributed by atoms with Gasteiger partial charge in [-0.25, -0.2) is 4.79 Å². The number of carbonyl (C=O) groups excluding carboxylic acids is 1. The second kappa shape index (κ2) is 7.51. The molecule has 0 aromatic heterocycles. The van der Waals surface area contributed by atoms with Crippen LogP contribution in [0.15, 0.2) is 42.5 Å². The molecule has 2 N–H and O–H groups in total. The highest BCUT2D eigenvalue weighted by atomic mass is 35.5. The van der Waals surface area contributed by atoms with Crippen LogP contribution in [0.5, 0.6) is 11.5 Å². The Kier molecular flexibility index (Phi) is 5.43. The molecule has 23 heavy (non-hydrogen) atoms. The summed E-state index contributed by atoms with van der Waals surface area (Å²) in [4.78, 5) is 23.0. The summed E-state index contributed by atoms with van der Waals surface area (Å²) in [5.74, 6) is -0.849. The van der Waals surface area contributed by atoms with Crippen LogP contribution in [0.1, 0.15) is 10.4 Å². The smallest absolute Gasteiger partial charge is 0.339 e. The van der Waals surface area contributed by atoms with Gasteiger partial charge in [0.1, 0.15) is 17.1 Å². The van der Waals surface area contributed by atoms with Crippen molar-refractivity contribution in [3.05, 3.63) is 53.1 Å². The standard InChI is InChI=1S/C16H14ClNO5/c1-22-12-5-3-11(4-6-12)18-15(19)9-23-14-7-2-10(17)8-13(14)16(20)21/h2-8H,9H2,1H3,(H,18,19)(H,20,21). The number of anilines is 1. The molecule has 7 heteroatoms. The number of benzene rings is 2. The summed E-state index contributed by atoms with van der Waals surface area (Å²) in [7, 11) is 1.55. The Labute approximate surface area is 137 Å². The van der Waals surface area contributed by atoms with E-state index in [0.717, 1.165) is 0 Å². The fourth-order valence-electron chi connectivity index (χ4n) is 1.81. The van der Waals surface area contributed by atoms with Crippen molar-refractivity contribution in [3.8, 4) is 11.5 Å². The quantitative estimate of drug-likeness (QED) is 0.847. The minimum atomic E-state index is -1.18. The zero-order valence-corrected chi connectivity index (χ0v) is 13.0. The largest absolute Gasteiger partial charge is 0.497 e. The van der Waals surface area contributed by atoms with Gasteiger partial charge in [-0.15, -0.1) is 0 Å². The molecule has 0 aliphatic rings. The molecule has 0 spiro atoms. The molecule has 2 aromatic rings. The number of carboxylic acid groups (broad SMARTS) is 1. The number of hydrogen-bond donors (Lipinski definition) is 2. The third-order valence-electron chi connectivity index (χ3n) is 2.90. The normalized spacial score (nSPS) is 10.0. The first kappa shape index (κ1) is 16.6. The Morgan fingerprint density at radius 2 is 1.87 bits per heavy atom. The zero-order valence-electron chi connectivity index (χ0n) is 12.2. The molecule has 0 aliphatic carbocycles. The van der Waals surface area contributed by atoms with E-state index in [1.165, 1.54) is 18.2 Å². The number of carbonyl (C=O) groups is 2. The van der Waals surface area contributed by atoms with Gasteiger partial charge in [-0.2, -0.15) is 0 Å². The Hall–Kier alpha value is -2.73. The van der Waals surface area contributed by atoms with Gasteiger partial charge >= 0.3 is 5.97 Å². The molecule has 2 rings (SSSR count). The summed E-state index contributed by atoms with van der Waals surface area (Å²) in [6.45, 7) is -0.325. The lowest BCUT2D eigenvalue weighted by atomic mass is 10.2. The van der Waals surface area contributed by atoms with Crippen molar-refractivity contribution >= 4 is 29.2 Å². The number of methoxy groups -OCH3 is 1. The average Bonchev–Trinajstić information content (AvgIpc) is 2.54. The molecule has 120 valence electrons. The molecule has 0 saturated carbocycles. The van der Waals surface area contributed by atoms with E-state index >= 15 is 0 Å². The fraction of sp³-hybridized carbons (Fsp3) is 0.125. The summed E-state index contributed by atoms with van der Waals surface area (Å²) in [5.41, 5.74) is 0.476. The number of aromatic carboxylic acids is 1. The van der Waals surface area contributed by atoms with Gasteiger partial charge in [-0.1, -0.05) is 11.6 Å². The second-order valence-corrected chi connectivity index (χ2v) is 4.95. The van der Waals surface area contributed by atoms with Gasteiger partial charge in [0.2, 0.25) is 0 Å². The van der Waals surface area contributed by atoms with E-state index in [0.29, 0.717) is 11.4 Å². The van der Waals surface area contributed by atoms with E-state index in [2.05, 4.69) is 5.32 Å². The SMILES string of the molecule is COc1ccc(NC(=O)COc2ccc(Cl)cc2C(=O)O)cc1. The van der Waals surface area contributed by atoms with E-state index in [1.54, 1.807) is 31.4 Å². The van der Waals surface area contributed by atoms with Crippen molar-refractivity contribution in [2.45, 2.75) is 0 Å². The summed E-state index contributed by atoms with van der Waals surface area (Å²) < 4.78 is 10.3. The van der Waals surface area contributed by atoms with Crippen LogP contribution in [0, 0.1) is 0 Å². The Balaban J connectivity index is 1.97. The molecular formula is C16H14ClNO5. The van der Waals surface area contributed by atoms with E-state index in [9.17, 15) is 9.59 Å². The minimum absolute atomic E-state index is 0.0757. The number of rotatable bonds is 6. The first-order chi connectivity index (χ1) is 11.0. The molecular weight excluding hydrogens is 322 g/mol. The van der Waals surface area contributed by atoms with Gasteiger partial charge in [0.25, 0.3) is 5.91 Å². The molecule has 0 radical (unpaired) electrons. The predicted molar refractivity (Wildman–Crippen MR) is 85.5 cm³/mol. The van der Waals surface area contributed by atoms with Crippen LogP contribution in [-0.2, 0) is 4.79 Å². The molecule has 0 aliphatic heterocycles. The van der Waals surface area contributed by atoms with Crippen LogP contribution in [-0.4, -0.2) is 30.7 Å². The maximum atomic E-state index is 11.8. The highest BCUT2D eigenvalue weighted by Gasteiger charge is 2.13. The van der Waals surface area contributed by atoms with Gasteiger partial charge in [0.05, 0.1) is 7.11 Å². The van der Waals surface area contributed by atoms with Gasteiger partial charge in [-0.3, -0.25) is 4.79 Å². The van der Waals surface area contributed by atoms with Crippen LogP contribution in [0.2, 0.25) is 5.02 Å². The number of amides is 1. The molecule has 0 atom stereocenters. The van der Waals surface area contributed by atoms with Gasteiger partial charge in [0.15, 0.2) is 6.61 Å². The molecule has 0 bridgehead atoms. The zero-order chi connectivity index (χ0) is 16.8. The summed E-state index contributed by atoms with van der Waals surface area (Å²) in [6, 6.07) is 10.9. The first-order valence-electron chi connectivity index (χ1n) is 6.59. The van der Waals surface area contributed by atoms with E-state index in [-0.39, 0.29) is 22.9 Å². The highest BCUT2D eigenvalue weighted by molar-refractivity contribution is 6.31. The average molecular weight is 336 g/mol. The maximum absolute atomic E-state index is 11.8. The second-order valence-electron chi connectivity index (χ2n) is 4.51. The van der Waals surface area contributed by atoms with Crippen molar-refractivity contribution in [2.75, 3.05) is 19.0 Å². The third kappa shape index (κ3) is 4.62. The number of carboxylic acids is 1. The van der Waals surface area contributed by atoms with Gasteiger partial charge in [-0.05, 0) is 42.5 Å². The lowest BCUT2D eigenvalue weighted by molar-refractivity contribution is -0.118. The molecule has 0 saturated heterocycles. The van der Waals surface area contributed by atoms with Crippen LogP contribution < -0.4 is 14.8 Å². The molecule has 2 aromatic carbocycles. The van der Waals surface area contributed by atoms with Crippen LogP contribution >= 0.6 is 11.6 Å². The van der Waals surface area contributed by atoms with Crippen LogP contribution in [0.3, 0.4) is 0 Å². The van der Waals surface area contributed by atoms with Crippen molar-refractivity contribution in [1.82, 2.24) is 0 Å². The number of halogens is 1. The summed E-state index contributed by atoms with van der Waals surface area (Å²) in [6.07, 6.45) is 0. The number of hydrogen-bond acceptors (Lipinski definition) is 4. The van der Waals surface area contributed by atoms with E-state index < -0.39 is 11.9 Å². The van der Waals surface area contributed by atoms with Gasteiger partial charge in [0, 0.05) is 10.7 Å². The first-order valence-corrected chi connectivity index (χ1v) is 6.97. The summed E-state index contributed by atoms with van der Waals surface area (Å²) in [5, 5.41) is 12.0. The maximum Gasteiger partial charge on any atom is 0.339 e. The Morgan fingerprint density at radius 1 is 1.17 bits per heavy atom. The lowest BCUT2D eigenvalue weighted by Gasteiger charge is -2.10. The van der Waals surface area contributed by atoms with Crippen molar-refractivity contribution in [2.24, 2.45) is 0 Å². The van der Waals surface area contributed by atoms with E-state index in [1.807, 2.05) is 0 Å². The molecule has 0 heterocycles. The third-order valence-corrected chi connectivity index (χ3v) is 3.14. The van der Waals surface area contributed by atoms with E-state index in [4.69, 9.17) is 26.2 Å². The number of nitrogens with one attached hydrogen (secondary N) is 1. The van der Waals surface area contributed by atoms with Crippen molar-refractivity contribution in [3.63, 3.8) is 0 Å². The monoisotopic (exact) mass is 335 g/mol. The molecule has 0 unspecified atom stereocenters. The van der Waals surface area contributed by atoms with Crippen molar-refractivity contribution < 1.29 is 24.2 Å². The van der Waals surface area contributed by atoms with Gasteiger partial charge < -0.3 is 19.9 Å². The Morgan fingerprint density at radius 3 is 2.48 bits per heavy atom. The fourth-order valence-corrected chi connectivity index (χ4v) is 1.98. The lowest BCUT2D eigenvalue weighted by Crippen LogP contribution is -2.20. The summed E-state index contributed by atoms with van der Waals surface area (Å²) >= 11 is 5.75. The highest BCUT2D eigenvalue weighted by Crippen LogP contribution is 2.23. The minimum Gasteiger partial charge on any atom is -0.497 e. The van der Waals surface area contributed by atoms with Crippen LogP contribution in [0.25, 0.3) is 0 Å². The number of ether oxygens (including phenoxy) is 2. The molecule has 0 fully saturated rings. The topological polar surface area (TPSA) is 84.9 Å². The van der Waals surface area contributed by atoms with Crippen LogP contribution in [0.4, 0.5) is 5.69 Å². The predicted octanol–water partition coefficient (Wildman–Crippen LogP) is 3.06. The molecule has 6 nitrogen and oxygen atoms in total. The molecule has 1 amide bonds. The Bertz CT molecular complexity index is 715.